The molecule has 1 aliphatic rings. The fraction of sp³-hybridized carbons (Fsp3) is 0.444. The third-order valence-corrected chi connectivity index (χ3v) is 2.47. The molecule has 0 radical (unpaired) electrons. The number of rotatable bonds is 1. The van der Waals surface area contributed by atoms with Gasteiger partial charge in [-0.05, 0) is 6.07 Å². The highest BCUT2D eigenvalue weighted by Gasteiger charge is 2.31. The number of aliphatic hydroxyl groups is 2. The summed E-state index contributed by atoms with van der Waals surface area (Å²) >= 11 is 0. The van der Waals surface area contributed by atoms with Crippen LogP contribution in [0.25, 0.3) is 0 Å². The molecule has 82 valence electrons. The number of nitrogens with zero attached hydrogens (tertiary/aromatic N) is 2. The molecule has 0 amide bonds. The number of nitrogen functional groups attached to an aromatic ring is 2. The first-order valence-corrected chi connectivity index (χ1v) is 4.70. The van der Waals surface area contributed by atoms with E-state index in [0.29, 0.717) is 30.3 Å². The Kier molecular flexibility index (Phi) is 2.37. The molecule has 6 heteroatoms. The molecule has 2 unspecified atom stereocenters. The zero-order valence-corrected chi connectivity index (χ0v) is 8.17. The minimum Gasteiger partial charge on any atom is -0.397 e. The lowest BCUT2D eigenvalue weighted by Crippen LogP contribution is -2.23. The topological polar surface area (TPSA) is 109 Å². The van der Waals surface area contributed by atoms with Gasteiger partial charge in [0.25, 0.3) is 0 Å². The lowest BCUT2D eigenvalue weighted by atomic mass is 10.3. The first-order chi connectivity index (χ1) is 7.08. The predicted octanol–water partition coefficient (Wildman–Crippen LogP) is -1.21. The Morgan fingerprint density at radius 1 is 1.27 bits per heavy atom. The standard InChI is InChI=1S/C9H14N4O2/c10-5-1-6(11)9(12-2-5)13-3-7(14)8(15)4-13/h1-2,7-8,14-15H,3-4,10-11H2. The first-order valence-electron chi connectivity index (χ1n) is 4.70. The molecule has 6 nitrogen and oxygen atoms in total. The van der Waals surface area contributed by atoms with Gasteiger partial charge in [-0.3, -0.25) is 0 Å². The molecule has 2 heterocycles. The van der Waals surface area contributed by atoms with Crippen molar-refractivity contribution in [2.24, 2.45) is 0 Å². The van der Waals surface area contributed by atoms with Crippen LogP contribution < -0.4 is 16.4 Å². The molecule has 2 atom stereocenters. The van der Waals surface area contributed by atoms with Crippen LogP contribution in [0.3, 0.4) is 0 Å². The van der Waals surface area contributed by atoms with Crippen molar-refractivity contribution in [1.82, 2.24) is 4.98 Å². The fourth-order valence-corrected chi connectivity index (χ4v) is 1.70. The van der Waals surface area contributed by atoms with Crippen molar-refractivity contribution >= 4 is 17.2 Å². The highest BCUT2D eigenvalue weighted by Crippen LogP contribution is 2.25. The highest BCUT2D eigenvalue weighted by atomic mass is 16.3. The number of hydrogen-bond donors (Lipinski definition) is 4. The molecule has 6 N–H and O–H groups in total. The van der Waals surface area contributed by atoms with E-state index in [0.717, 1.165) is 0 Å². The Balaban J connectivity index is 2.24. The average molecular weight is 210 g/mol. The second-order valence-electron chi connectivity index (χ2n) is 3.72. The number of aromatic nitrogens is 1. The summed E-state index contributed by atoms with van der Waals surface area (Å²) in [6.45, 7) is 0.671. The van der Waals surface area contributed by atoms with E-state index in [1.807, 2.05) is 0 Å². The zero-order valence-electron chi connectivity index (χ0n) is 8.17. The molecule has 1 saturated heterocycles. The molecule has 1 aromatic heterocycles. The molecule has 2 rings (SSSR count). The Hall–Kier alpha value is -1.53. The van der Waals surface area contributed by atoms with Crippen LogP contribution in [-0.2, 0) is 0 Å². The van der Waals surface area contributed by atoms with Gasteiger partial charge in [0, 0.05) is 13.1 Å². The largest absolute Gasteiger partial charge is 0.397 e. The van der Waals surface area contributed by atoms with E-state index in [1.165, 1.54) is 6.20 Å². The Bertz CT molecular complexity index is 361. The van der Waals surface area contributed by atoms with Crippen molar-refractivity contribution in [3.8, 4) is 0 Å². The van der Waals surface area contributed by atoms with Gasteiger partial charge in [-0.15, -0.1) is 0 Å². The molecule has 1 aliphatic heterocycles. The van der Waals surface area contributed by atoms with Crippen molar-refractivity contribution in [1.29, 1.82) is 0 Å². The highest BCUT2D eigenvalue weighted by molar-refractivity contribution is 5.67. The summed E-state index contributed by atoms with van der Waals surface area (Å²) in [5.74, 6) is 0.555. The van der Waals surface area contributed by atoms with E-state index in [4.69, 9.17) is 11.5 Å². The second-order valence-corrected chi connectivity index (χ2v) is 3.72. The SMILES string of the molecule is Nc1cnc(N2CC(O)C(O)C2)c(N)c1. The van der Waals surface area contributed by atoms with Gasteiger partial charge in [0.1, 0.15) is 0 Å². The van der Waals surface area contributed by atoms with Gasteiger partial charge in [-0.25, -0.2) is 4.98 Å². The molecule has 1 fully saturated rings. The lowest BCUT2D eigenvalue weighted by Gasteiger charge is -2.18. The third kappa shape index (κ3) is 1.81. The summed E-state index contributed by atoms with van der Waals surface area (Å²) in [5.41, 5.74) is 12.2. The minimum absolute atomic E-state index is 0.336. The van der Waals surface area contributed by atoms with Crippen LogP contribution in [-0.4, -0.2) is 40.5 Å². The van der Waals surface area contributed by atoms with Crippen LogP contribution in [0, 0.1) is 0 Å². The maximum Gasteiger partial charge on any atom is 0.152 e. The number of aliphatic hydroxyl groups excluding tert-OH is 2. The van der Waals surface area contributed by atoms with Crippen LogP contribution in [0.4, 0.5) is 17.2 Å². The molecule has 1 aromatic rings. The van der Waals surface area contributed by atoms with Gasteiger partial charge >= 0.3 is 0 Å². The van der Waals surface area contributed by atoms with E-state index in [2.05, 4.69) is 4.98 Å². The van der Waals surface area contributed by atoms with E-state index >= 15 is 0 Å². The van der Waals surface area contributed by atoms with Crippen molar-refractivity contribution < 1.29 is 10.2 Å². The second kappa shape index (κ2) is 3.56. The third-order valence-electron chi connectivity index (χ3n) is 2.47. The molecule has 0 aromatic carbocycles. The van der Waals surface area contributed by atoms with Gasteiger partial charge in [-0.2, -0.15) is 0 Å². The normalized spacial score (nSPS) is 25.9. The monoisotopic (exact) mass is 210 g/mol. The molecular formula is C9H14N4O2. The number of pyridine rings is 1. The van der Waals surface area contributed by atoms with E-state index in [1.54, 1.807) is 11.0 Å². The summed E-state index contributed by atoms with van der Waals surface area (Å²) in [6.07, 6.45) is 0.00970. The van der Waals surface area contributed by atoms with Crippen LogP contribution in [0.1, 0.15) is 0 Å². The Morgan fingerprint density at radius 2 is 1.87 bits per heavy atom. The molecular weight excluding hydrogens is 196 g/mol. The van der Waals surface area contributed by atoms with Gasteiger partial charge in [-0.1, -0.05) is 0 Å². The summed E-state index contributed by atoms with van der Waals surface area (Å²) < 4.78 is 0. The van der Waals surface area contributed by atoms with Gasteiger partial charge in [0.15, 0.2) is 5.82 Å². The molecule has 0 spiro atoms. The summed E-state index contributed by atoms with van der Waals surface area (Å²) in [7, 11) is 0. The number of nitrogens with two attached hydrogens (primary N) is 2. The van der Waals surface area contributed by atoms with Gasteiger partial charge in [0.05, 0.1) is 29.8 Å². The van der Waals surface area contributed by atoms with Crippen LogP contribution in [0.15, 0.2) is 12.3 Å². The quantitative estimate of drug-likeness (QED) is 0.463. The minimum atomic E-state index is -0.747. The van der Waals surface area contributed by atoms with E-state index < -0.39 is 12.2 Å². The van der Waals surface area contributed by atoms with E-state index in [-0.39, 0.29) is 0 Å². The average Bonchev–Trinajstić information content (AvgIpc) is 2.46. The maximum atomic E-state index is 9.39. The van der Waals surface area contributed by atoms with Crippen molar-refractivity contribution in [2.75, 3.05) is 29.5 Å². The Morgan fingerprint density at radius 3 is 2.40 bits per heavy atom. The number of anilines is 3. The predicted molar refractivity (Wildman–Crippen MR) is 57.3 cm³/mol. The van der Waals surface area contributed by atoms with Crippen molar-refractivity contribution in [3.05, 3.63) is 12.3 Å². The van der Waals surface area contributed by atoms with Crippen molar-refractivity contribution in [2.45, 2.75) is 12.2 Å². The zero-order chi connectivity index (χ0) is 11.0. The summed E-state index contributed by atoms with van der Waals surface area (Å²) in [5, 5.41) is 18.8. The number of β-amino-alcohol motifs (C(OH)–C–C–N with tert-alkyl or cyclic N) is 2. The van der Waals surface area contributed by atoms with E-state index in [9.17, 15) is 10.2 Å². The molecule has 15 heavy (non-hydrogen) atoms. The molecule has 0 saturated carbocycles. The van der Waals surface area contributed by atoms with Crippen LogP contribution >= 0.6 is 0 Å². The van der Waals surface area contributed by atoms with Gasteiger partial charge < -0.3 is 26.6 Å². The molecule has 0 aliphatic carbocycles. The Labute approximate surface area is 87.1 Å². The smallest absolute Gasteiger partial charge is 0.152 e. The number of hydrogen-bond acceptors (Lipinski definition) is 6. The fourth-order valence-electron chi connectivity index (χ4n) is 1.70. The molecule has 0 bridgehead atoms. The summed E-state index contributed by atoms with van der Waals surface area (Å²) in [6, 6.07) is 1.61. The van der Waals surface area contributed by atoms with Crippen LogP contribution in [0.5, 0.6) is 0 Å². The summed E-state index contributed by atoms with van der Waals surface area (Å²) in [4.78, 5) is 5.82. The van der Waals surface area contributed by atoms with Gasteiger partial charge in [0.2, 0.25) is 0 Å². The van der Waals surface area contributed by atoms with Crippen molar-refractivity contribution in [3.63, 3.8) is 0 Å². The van der Waals surface area contributed by atoms with Crippen LogP contribution in [0.2, 0.25) is 0 Å². The lowest BCUT2D eigenvalue weighted by molar-refractivity contribution is 0.0572. The first kappa shape index (κ1) is 10.0. The maximum absolute atomic E-state index is 9.39.